The maximum absolute atomic E-state index is 13.8. The summed E-state index contributed by atoms with van der Waals surface area (Å²) in [6.45, 7) is 2.32. The number of nitrogens with one attached hydrogen (secondary N) is 1. The van der Waals surface area contributed by atoms with E-state index in [9.17, 15) is 9.59 Å². The molecule has 1 aromatic carbocycles. The number of fused-ring (bicyclic) bond motifs is 1. The summed E-state index contributed by atoms with van der Waals surface area (Å²) in [5.41, 5.74) is 0.915. The summed E-state index contributed by atoms with van der Waals surface area (Å²) in [5.74, 6) is 1.01. The fraction of sp³-hybridized carbons (Fsp3) is 0.464. The standard InChI is InChI=1S/C28H34N4O4/c1-28(27(34)29-21-9-6-4-3-5-7-10-21)19-32-25(26(33)31(28)18-23-11-8-16-36-23)17-24(30-32)20-12-14-22(35-2)15-13-20/h8,11-17,21H,3-7,9-10,18-19H2,1-2H3,(H,29,34)/t28-/m0/s1. The average molecular weight is 491 g/mol. The van der Waals surface area contributed by atoms with Gasteiger partial charge in [0.15, 0.2) is 0 Å². The van der Waals surface area contributed by atoms with Gasteiger partial charge in [0.1, 0.15) is 22.7 Å². The van der Waals surface area contributed by atoms with Gasteiger partial charge in [0.05, 0.1) is 32.2 Å². The molecular weight excluding hydrogens is 456 g/mol. The van der Waals surface area contributed by atoms with Crippen molar-refractivity contribution >= 4 is 11.8 Å². The maximum atomic E-state index is 13.8. The lowest BCUT2D eigenvalue weighted by atomic mass is 9.92. The summed E-state index contributed by atoms with van der Waals surface area (Å²) in [6, 6.07) is 13.1. The molecule has 1 atom stereocenters. The third-order valence-electron chi connectivity index (χ3n) is 7.51. The van der Waals surface area contributed by atoms with Crippen molar-refractivity contribution < 1.29 is 18.7 Å². The normalized spacial score (nSPS) is 20.9. The number of nitrogens with zero attached hydrogens (tertiary/aromatic N) is 3. The van der Waals surface area contributed by atoms with Crippen LogP contribution in [-0.2, 0) is 17.9 Å². The molecule has 0 radical (unpaired) electrons. The lowest BCUT2D eigenvalue weighted by Crippen LogP contribution is -2.64. The summed E-state index contributed by atoms with van der Waals surface area (Å²) < 4.78 is 12.5. The molecule has 1 aliphatic heterocycles. The van der Waals surface area contributed by atoms with Gasteiger partial charge in [-0.05, 0) is 62.2 Å². The second-order valence-corrected chi connectivity index (χ2v) is 10.1. The molecule has 0 spiro atoms. The zero-order chi connectivity index (χ0) is 25.1. The highest BCUT2D eigenvalue weighted by Crippen LogP contribution is 2.32. The Hall–Kier alpha value is -3.55. The molecule has 0 unspecified atom stereocenters. The highest BCUT2D eigenvalue weighted by Gasteiger charge is 2.48. The van der Waals surface area contributed by atoms with Crippen molar-refractivity contribution in [2.24, 2.45) is 0 Å². The molecule has 3 aromatic rings. The number of ether oxygens (including phenoxy) is 1. The van der Waals surface area contributed by atoms with E-state index >= 15 is 0 Å². The Labute approximate surface area is 211 Å². The smallest absolute Gasteiger partial charge is 0.273 e. The predicted molar refractivity (Wildman–Crippen MR) is 135 cm³/mol. The van der Waals surface area contributed by atoms with E-state index in [1.807, 2.05) is 37.3 Å². The number of amides is 2. The van der Waals surface area contributed by atoms with E-state index < -0.39 is 5.54 Å². The van der Waals surface area contributed by atoms with Crippen LogP contribution >= 0.6 is 0 Å². The summed E-state index contributed by atoms with van der Waals surface area (Å²) in [6.07, 6.45) is 9.45. The molecule has 2 amide bonds. The quantitative estimate of drug-likeness (QED) is 0.536. The van der Waals surface area contributed by atoms with Crippen LogP contribution in [0.2, 0.25) is 0 Å². The second-order valence-electron chi connectivity index (χ2n) is 10.1. The third kappa shape index (κ3) is 4.76. The fourth-order valence-corrected chi connectivity index (χ4v) is 5.29. The van der Waals surface area contributed by atoms with Crippen LogP contribution in [0.4, 0.5) is 0 Å². The summed E-state index contributed by atoms with van der Waals surface area (Å²) >= 11 is 0. The van der Waals surface area contributed by atoms with Gasteiger partial charge < -0.3 is 19.4 Å². The Kier molecular flexibility index (Phi) is 6.85. The minimum atomic E-state index is -1.11. The Morgan fingerprint density at radius 3 is 2.53 bits per heavy atom. The topological polar surface area (TPSA) is 89.6 Å². The number of carbonyl (C=O) groups excluding carboxylic acids is 2. The fourth-order valence-electron chi connectivity index (χ4n) is 5.29. The summed E-state index contributed by atoms with van der Waals surface area (Å²) in [4.78, 5) is 29.3. The van der Waals surface area contributed by atoms with Gasteiger partial charge in [-0.3, -0.25) is 14.3 Å². The lowest BCUT2D eigenvalue weighted by Gasteiger charge is -2.43. The van der Waals surface area contributed by atoms with Crippen LogP contribution in [0.1, 0.15) is 68.1 Å². The highest BCUT2D eigenvalue weighted by molar-refractivity contribution is 6.00. The zero-order valence-corrected chi connectivity index (χ0v) is 21.0. The third-order valence-corrected chi connectivity index (χ3v) is 7.51. The molecule has 3 heterocycles. The first-order valence-electron chi connectivity index (χ1n) is 12.9. The number of benzene rings is 1. The Bertz CT molecular complexity index is 1190. The molecule has 8 heteroatoms. The molecule has 1 N–H and O–H groups in total. The van der Waals surface area contributed by atoms with Gasteiger partial charge in [0, 0.05) is 11.6 Å². The minimum Gasteiger partial charge on any atom is -0.497 e. The van der Waals surface area contributed by atoms with Crippen LogP contribution in [0.3, 0.4) is 0 Å². The SMILES string of the molecule is COc1ccc(-c2cc3n(n2)C[C@@](C)(C(=O)NC2CCCCCCC2)N(Cc2ccco2)C3=O)cc1. The molecule has 1 fully saturated rings. The molecule has 0 bridgehead atoms. The average Bonchev–Trinajstić information content (AvgIpc) is 3.53. The van der Waals surface area contributed by atoms with Crippen LogP contribution < -0.4 is 10.1 Å². The molecule has 190 valence electrons. The van der Waals surface area contributed by atoms with Crippen LogP contribution in [0.25, 0.3) is 11.3 Å². The van der Waals surface area contributed by atoms with Crippen LogP contribution in [0, 0.1) is 0 Å². The summed E-state index contributed by atoms with van der Waals surface area (Å²) in [7, 11) is 1.62. The molecule has 2 aromatic heterocycles. The maximum Gasteiger partial charge on any atom is 0.273 e. The number of methoxy groups -OCH3 is 1. The Balaban J connectivity index is 1.46. The van der Waals surface area contributed by atoms with Gasteiger partial charge in [0.2, 0.25) is 5.91 Å². The molecule has 1 aliphatic carbocycles. The van der Waals surface area contributed by atoms with E-state index in [4.69, 9.17) is 14.3 Å². The van der Waals surface area contributed by atoms with Gasteiger partial charge in [0.25, 0.3) is 5.91 Å². The number of hydrogen-bond acceptors (Lipinski definition) is 5. The van der Waals surface area contributed by atoms with Crippen molar-refractivity contribution in [3.63, 3.8) is 0 Å². The van der Waals surface area contributed by atoms with Gasteiger partial charge in [-0.2, -0.15) is 5.10 Å². The van der Waals surface area contributed by atoms with Crippen molar-refractivity contribution in [1.82, 2.24) is 20.0 Å². The van der Waals surface area contributed by atoms with Crippen molar-refractivity contribution in [1.29, 1.82) is 0 Å². The van der Waals surface area contributed by atoms with E-state index in [1.165, 1.54) is 19.3 Å². The van der Waals surface area contributed by atoms with Crippen LogP contribution in [0.15, 0.2) is 53.1 Å². The van der Waals surface area contributed by atoms with Crippen LogP contribution in [0.5, 0.6) is 5.75 Å². The van der Waals surface area contributed by atoms with Gasteiger partial charge in [-0.1, -0.05) is 32.1 Å². The second kappa shape index (κ2) is 10.2. The number of carbonyl (C=O) groups is 2. The largest absolute Gasteiger partial charge is 0.497 e. The van der Waals surface area contributed by atoms with Gasteiger partial charge >= 0.3 is 0 Å². The van der Waals surface area contributed by atoms with Crippen molar-refractivity contribution in [2.75, 3.05) is 7.11 Å². The predicted octanol–water partition coefficient (Wildman–Crippen LogP) is 4.80. The Morgan fingerprint density at radius 2 is 1.86 bits per heavy atom. The van der Waals surface area contributed by atoms with E-state index in [2.05, 4.69) is 5.32 Å². The zero-order valence-electron chi connectivity index (χ0n) is 21.0. The molecule has 36 heavy (non-hydrogen) atoms. The molecular formula is C28H34N4O4. The molecule has 0 saturated heterocycles. The first-order valence-corrected chi connectivity index (χ1v) is 12.9. The minimum absolute atomic E-state index is 0.129. The van der Waals surface area contributed by atoms with Crippen molar-refractivity contribution in [3.8, 4) is 17.0 Å². The first-order chi connectivity index (χ1) is 17.5. The van der Waals surface area contributed by atoms with Crippen molar-refractivity contribution in [2.45, 2.75) is 76.5 Å². The van der Waals surface area contributed by atoms with Crippen molar-refractivity contribution in [3.05, 3.63) is 60.2 Å². The van der Waals surface area contributed by atoms with Crippen LogP contribution in [-0.4, -0.2) is 45.2 Å². The number of aromatic nitrogens is 2. The number of furan rings is 1. The number of rotatable bonds is 6. The molecule has 2 aliphatic rings. The molecule has 8 nitrogen and oxygen atoms in total. The first kappa shape index (κ1) is 24.2. The van der Waals surface area contributed by atoms with E-state index in [0.717, 1.165) is 37.0 Å². The van der Waals surface area contributed by atoms with E-state index in [-0.39, 0.29) is 30.9 Å². The Morgan fingerprint density at radius 1 is 1.14 bits per heavy atom. The molecule has 1 saturated carbocycles. The van der Waals surface area contributed by atoms with E-state index in [0.29, 0.717) is 17.1 Å². The highest BCUT2D eigenvalue weighted by atomic mass is 16.5. The van der Waals surface area contributed by atoms with Gasteiger partial charge in [-0.15, -0.1) is 0 Å². The monoisotopic (exact) mass is 490 g/mol. The molecule has 5 rings (SSSR count). The summed E-state index contributed by atoms with van der Waals surface area (Å²) in [5, 5.41) is 8.03. The number of hydrogen-bond donors (Lipinski definition) is 1. The van der Waals surface area contributed by atoms with Gasteiger partial charge in [-0.25, -0.2) is 0 Å². The van der Waals surface area contributed by atoms with E-state index in [1.54, 1.807) is 35.1 Å². The lowest BCUT2D eigenvalue weighted by molar-refractivity contribution is -0.134.